The van der Waals surface area contributed by atoms with Crippen LogP contribution in [0.1, 0.15) is 43.7 Å². The molecule has 0 unspecified atom stereocenters. The molecule has 1 fully saturated rings. The van der Waals surface area contributed by atoms with Crippen LogP contribution in [0, 0.1) is 0 Å². The lowest BCUT2D eigenvalue weighted by molar-refractivity contribution is -0.0235. The smallest absolute Gasteiger partial charge is 0.101 e. The molecule has 1 N–H and O–H groups in total. The summed E-state index contributed by atoms with van der Waals surface area (Å²) in [6.07, 6.45) is 5.66. The predicted octanol–water partition coefficient (Wildman–Crippen LogP) is 4.63. The van der Waals surface area contributed by atoms with Crippen molar-refractivity contribution in [2.75, 3.05) is 11.5 Å². The van der Waals surface area contributed by atoms with Gasteiger partial charge in [0, 0.05) is 18.0 Å². The van der Waals surface area contributed by atoms with Crippen LogP contribution in [0.4, 0.5) is 11.4 Å². The van der Waals surface area contributed by atoms with Gasteiger partial charge in [0.2, 0.25) is 0 Å². The van der Waals surface area contributed by atoms with Crippen molar-refractivity contribution >= 4 is 11.4 Å². The minimum absolute atomic E-state index is 0.0471. The molecule has 0 bridgehead atoms. The van der Waals surface area contributed by atoms with E-state index < -0.39 is 6.10 Å². The first-order valence-corrected chi connectivity index (χ1v) is 10.0. The minimum atomic E-state index is -0.453. The van der Waals surface area contributed by atoms with Gasteiger partial charge in [-0.05, 0) is 55.4 Å². The summed E-state index contributed by atoms with van der Waals surface area (Å²) in [5.74, 6) is 0. The zero-order chi connectivity index (χ0) is 17.9. The first-order chi connectivity index (χ1) is 12.8. The molecule has 1 saturated carbocycles. The lowest BCUT2D eigenvalue weighted by atomic mass is 10.0. The fraction of sp³-hybridized carbons (Fsp3) is 0.478. The molecule has 4 rings (SSSR count). The predicted molar refractivity (Wildman–Crippen MR) is 106 cm³/mol. The van der Waals surface area contributed by atoms with Crippen molar-refractivity contribution in [1.29, 1.82) is 0 Å². The van der Waals surface area contributed by atoms with Crippen LogP contribution < -0.4 is 4.90 Å². The van der Waals surface area contributed by atoms with Crippen LogP contribution in [-0.2, 0) is 17.6 Å². The molecule has 3 nitrogen and oxygen atoms in total. The average Bonchev–Trinajstić information content (AvgIpc) is 2.94. The lowest BCUT2D eigenvalue weighted by Crippen LogP contribution is -2.42. The number of aryl methyl sites for hydroxylation is 2. The van der Waals surface area contributed by atoms with Crippen molar-refractivity contribution < 1.29 is 9.84 Å². The zero-order valence-corrected chi connectivity index (χ0v) is 15.6. The topological polar surface area (TPSA) is 32.7 Å². The molecule has 3 heteroatoms. The van der Waals surface area contributed by atoms with Crippen molar-refractivity contribution in [3.63, 3.8) is 0 Å². The molecule has 1 aliphatic carbocycles. The summed E-state index contributed by atoms with van der Waals surface area (Å²) in [6.45, 7) is 2.92. The highest BCUT2D eigenvalue weighted by molar-refractivity contribution is 5.72. The van der Waals surface area contributed by atoms with Crippen LogP contribution in [0.2, 0.25) is 0 Å². The Hall–Kier alpha value is -1.84. The highest BCUT2D eigenvalue weighted by Crippen LogP contribution is 2.41. The molecule has 2 aromatic carbocycles. The van der Waals surface area contributed by atoms with Gasteiger partial charge in [0.25, 0.3) is 0 Å². The van der Waals surface area contributed by atoms with E-state index in [0.29, 0.717) is 0 Å². The number of benzene rings is 2. The SMILES string of the molecule is CCCCO[C@@H]1CC[C@@H](N2c3ccccc3CCc3ccccc32)[C@@H]1O. The third-order valence-electron chi connectivity index (χ3n) is 5.85. The van der Waals surface area contributed by atoms with Gasteiger partial charge in [0.15, 0.2) is 0 Å². The van der Waals surface area contributed by atoms with Crippen molar-refractivity contribution in [3.8, 4) is 0 Å². The van der Waals surface area contributed by atoms with Crippen LogP contribution in [0.15, 0.2) is 48.5 Å². The second-order valence-electron chi connectivity index (χ2n) is 7.53. The van der Waals surface area contributed by atoms with Crippen LogP contribution in [-0.4, -0.2) is 30.0 Å². The molecule has 3 atom stereocenters. The summed E-state index contributed by atoms with van der Waals surface area (Å²) in [4.78, 5) is 2.39. The second-order valence-corrected chi connectivity index (χ2v) is 7.53. The Morgan fingerprint density at radius 3 is 2.19 bits per heavy atom. The molecule has 1 heterocycles. The Morgan fingerprint density at radius 2 is 1.58 bits per heavy atom. The Labute approximate surface area is 156 Å². The summed E-state index contributed by atoms with van der Waals surface area (Å²) in [5, 5.41) is 11.1. The Balaban J connectivity index is 1.67. The van der Waals surface area contributed by atoms with Gasteiger partial charge in [-0.3, -0.25) is 0 Å². The Kier molecular flexibility index (Phi) is 5.28. The lowest BCUT2D eigenvalue weighted by Gasteiger charge is -2.35. The zero-order valence-electron chi connectivity index (χ0n) is 15.6. The van der Waals surface area contributed by atoms with Gasteiger partial charge in [-0.25, -0.2) is 0 Å². The van der Waals surface area contributed by atoms with E-state index in [0.717, 1.165) is 45.1 Å². The quantitative estimate of drug-likeness (QED) is 0.797. The van der Waals surface area contributed by atoms with E-state index >= 15 is 0 Å². The molecule has 0 amide bonds. The van der Waals surface area contributed by atoms with Crippen molar-refractivity contribution in [3.05, 3.63) is 59.7 Å². The number of unbranched alkanes of at least 4 members (excludes halogenated alkanes) is 1. The highest BCUT2D eigenvalue weighted by Gasteiger charge is 2.41. The number of fused-ring (bicyclic) bond motifs is 2. The number of anilines is 2. The number of aliphatic hydroxyl groups is 1. The van der Waals surface area contributed by atoms with E-state index in [2.05, 4.69) is 60.4 Å². The molecule has 26 heavy (non-hydrogen) atoms. The van der Waals surface area contributed by atoms with Gasteiger partial charge in [-0.2, -0.15) is 0 Å². The molecule has 1 aliphatic heterocycles. The number of para-hydroxylation sites is 2. The molecular weight excluding hydrogens is 322 g/mol. The normalized spacial score (nSPS) is 24.8. The summed E-state index contributed by atoms with van der Waals surface area (Å²) in [7, 11) is 0. The fourth-order valence-corrected chi connectivity index (χ4v) is 4.44. The van der Waals surface area contributed by atoms with Gasteiger partial charge < -0.3 is 14.7 Å². The molecule has 0 radical (unpaired) electrons. The molecule has 0 aromatic heterocycles. The average molecular weight is 351 g/mol. The first-order valence-electron chi connectivity index (χ1n) is 10.0. The number of ether oxygens (including phenoxy) is 1. The van der Waals surface area contributed by atoms with Gasteiger partial charge in [-0.1, -0.05) is 49.7 Å². The van der Waals surface area contributed by atoms with Gasteiger partial charge in [0.1, 0.15) is 6.10 Å². The van der Waals surface area contributed by atoms with E-state index in [1.165, 1.54) is 22.5 Å². The number of nitrogens with zero attached hydrogens (tertiary/aromatic N) is 1. The summed E-state index contributed by atoms with van der Waals surface area (Å²) < 4.78 is 6.01. The summed E-state index contributed by atoms with van der Waals surface area (Å²) in [6, 6.07) is 17.4. The largest absolute Gasteiger partial charge is 0.388 e. The van der Waals surface area contributed by atoms with Crippen LogP contribution >= 0.6 is 0 Å². The van der Waals surface area contributed by atoms with Crippen molar-refractivity contribution in [2.45, 2.75) is 63.7 Å². The molecule has 138 valence electrons. The second kappa shape index (κ2) is 7.81. The van der Waals surface area contributed by atoms with Gasteiger partial charge in [0.05, 0.1) is 12.1 Å². The standard InChI is InChI=1S/C23H29NO2/c1-2-3-16-26-22-15-14-21(23(22)25)24-19-10-6-4-8-17(19)12-13-18-9-5-7-11-20(18)24/h4-11,21-23,25H,2-3,12-16H2,1H3/t21-,22-,23+/m1/s1. The van der Waals surface area contributed by atoms with Crippen LogP contribution in [0.3, 0.4) is 0 Å². The minimum Gasteiger partial charge on any atom is -0.388 e. The van der Waals surface area contributed by atoms with E-state index in [1.54, 1.807) is 0 Å². The molecule has 2 aliphatic rings. The first kappa shape index (κ1) is 17.6. The van der Waals surface area contributed by atoms with Crippen LogP contribution in [0.25, 0.3) is 0 Å². The van der Waals surface area contributed by atoms with E-state index in [1.807, 2.05) is 0 Å². The molecule has 2 aromatic rings. The third kappa shape index (κ3) is 3.26. The van der Waals surface area contributed by atoms with E-state index in [9.17, 15) is 5.11 Å². The third-order valence-corrected chi connectivity index (χ3v) is 5.85. The number of rotatable bonds is 5. The molecule has 0 spiro atoms. The Bertz CT molecular complexity index is 697. The molecule has 0 saturated heterocycles. The summed E-state index contributed by atoms with van der Waals surface area (Å²) in [5.41, 5.74) is 5.23. The van der Waals surface area contributed by atoms with E-state index in [-0.39, 0.29) is 12.1 Å². The fourth-order valence-electron chi connectivity index (χ4n) is 4.44. The summed E-state index contributed by atoms with van der Waals surface area (Å²) >= 11 is 0. The van der Waals surface area contributed by atoms with Crippen molar-refractivity contribution in [2.24, 2.45) is 0 Å². The van der Waals surface area contributed by atoms with Crippen molar-refractivity contribution in [1.82, 2.24) is 0 Å². The monoisotopic (exact) mass is 351 g/mol. The number of hydrogen-bond acceptors (Lipinski definition) is 3. The highest BCUT2D eigenvalue weighted by atomic mass is 16.5. The molecular formula is C23H29NO2. The maximum absolute atomic E-state index is 11.1. The van der Waals surface area contributed by atoms with Crippen LogP contribution in [0.5, 0.6) is 0 Å². The Morgan fingerprint density at radius 1 is 0.962 bits per heavy atom. The van der Waals surface area contributed by atoms with Gasteiger partial charge >= 0.3 is 0 Å². The maximum atomic E-state index is 11.1. The number of aliphatic hydroxyl groups excluding tert-OH is 1. The van der Waals surface area contributed by atoms with Gasteiger partial charge in [-0.15, -0.1) is 0 Å². The maximum Gasteiger partial charge on any atom is 0.101 e. The number of hydrogen-bond donors (Lipinski definition) is 1. The van der Waals surface area contributed by atoms with E-state index in [4.69, 9.17) is 4.74 Å².